The third-order valence-electron chi connectivity index (χ3n) is 5.75. The van der Waals surface area contributed by atoms with Crippen molar-refractivity contribution in [2.24, 2.45) is 0 Å². The molecule has 2 aromatic rings. The summed E-state index contributed by atoms with van der Waals surface area (Å²) in [5, 5.41) is 10.6. The van der Waals surface area contributed by atoms with Crippen LogP contribution in [0.25, 0.3) is 0 Å². The van der Waals surface area contributed by atoms with E-state index in [1.165, 1.54) is 18.2 Å². The van der Waals surface area contributed by atoms with Crippen LogP contribution in [0.4, 0.5) is 0 Å². The fourth-order valence-electron chi connectivity index (χ4n) is 4.12. The Balaban J connectivity index is 1.90. The lowest BCUT2D eigenvalue weighted by atomic mass is 9.98. The van der Waals surface area contributed by atoms with Crippen LogP contribution in [0.1, 0.15) is 43.6 Å². The largest absolute Gasteiger partial charge is 0.507 e. The number of phenolic OH excluding ortho intramolecular Hbond substituents is 1. The number of aromatic hydroxyl groups is 1. The zero-order valence-corrected chi connectivity index (χ0v) is 24.2. The van der Waals surface area contributed by atoms with Gasteiger partial charge in [0.05, 0.1) is 5.56 Å². The first-order valence-electron chi connectivity index (χ1n) is 12.4. The highest BCUT2D eigenvalue weighted by atomic mass is 79.9. The lowest BCUT2D eigenvalue weighted by molar-refractivity contribution is -0.288. The van der Waals surface area contributed by atoms with Crippen molar-refractivity contribution >= 4 is 45.6 Å². The average Bonchev–Trinajstić information content (AvgIpc) is 2.87. The van der Waals surface area contributed by atoms with Gasteiger partial charge in [-0.2, -0.15) is 0 Å². The molecule has 2 aromatic carbocycles. The first kappa shape index (κ1) is 31.6. The number of carbonyl (C=O) groups excluding carboxylic acids is 5. The first-order chi connectivity index (χ1) is 19.3. The minimum absolute atomic E-state index is 0.00333. The van der Waals surface area contributed by atoms with Crippen molar-refractivity contribution in [2.45, 2.75) is 64.8 Å². The molecule has 1 heterocycles. The molecule has 1 aliphatic rings. The Hall–Kier alpha value is -3.97. The predicted molar refractivity (Wildman–Crippen MR) is 143 cm³/mol. The molecule has 0 radical (unpaired) electrons. The molecule has 0 saturated carbocycles. The molecule has 5 atom stereocenters. The van der Waals surface area contributed by atoms with Gasteiger partial charge in [-0.1, -0.05) is 28.1 Å². The van der Waals surface area contributed by atoms with Gasteiger partial charge in [-0.3, -0.25) is 24.0 Å². The van der Waals surface area contributed by atoms with Crippen molar-refractivity contribution in [2.75, 3.05) is 6.61 Å². The zero-order valence-electron chi connectivity index (χ0n) is 22.7. The minimum atomic E-state index is -1.49. The molecular weight excluding hydrogens is 608 g/mol. The average molecular weight is 637 g/mol. The molecular formula is C28H29BrO12. The topological polar surface area (TPSA) is 161 Å². The van der Waals surface area contributed by atoms with Gasteiger partial charge in [0.25, 0.3) is 0 Å². The summed E-state index contributed by atoms with van der Waals surface area (Å²) in [6.07, 6.45) is -6.86. The van der Waals surface area contributed by atoms with Crippen LogP contribution in [0.5, 0.6) is 11.5 Å². The van der Waals surface area contributed by atoms with Crippen molar-refractivity contribution in [3.63, 3.8) is 0 Å². The molecule has 0 aromatic heterocycles. The Morgan fingerprint density at radius 1 is 0.805 bits per heavy atom. The highest BCUT2D eigenvalue weighted by molar-refractivity contribution is 9.10. The van der Waals surface area contributed by atoms with Crippen LogP contribution in [-0.4, -0.2) is 72.1 Å². The van der Waals surface area contributed by atoms with E-state index < -0.39 is 61.2 Å². The van der Waals surface area contributed by atoms with Gasteiger partial charge in [0.15, 0.2) is 18.0 Å². The number of ether oxygens (including phenoxy) is 6. The number of Topliss-reactive ketones (excluding diaryl/α,β-unsaturated/α-hetero) is 1. The van der Waals surface area contributed by atoms with Crippen molar-refractivity contribution in [1.29, 1.82) is 0 Å². The smallest absolute Gasteiger partial charge is 0.303 e. The molecule has 1 saturated heterocycles. The van der Waals surface area contributed by atoms with Crippen molar-refractivity contribution < 1.29 is 57.5 Å². The van der Waals surface area contributed by atoms with Crippen molar-refractivity contribution in [3.8, 4) is 11.5 Å². The van der Waals surface area contributed by atoms with Crippen LogP contribution in [0.2, 0.25) is 0 Å². The third kappa shape index (κ3) is 9.02. The Labute approximate surface area is 243 Å². The van der Waals surface area contributed by atoms with Crippen molar-refractivity contribution in [3.05, 3.63) is 58.1 Å². The molecule has 0 amide bonds. The van der Waals surface area contributed by atoms with Gasteiger partial charge in [-0.15, -0.1) is 0 Å². The van der Waals surface area contributed by atoms with Crippen LogP contribution < -0.4 is 4.74 Å². The molecule has 13 heteroatoms. The van der Waals surface area contributed by atoms with E-state index in [9.17, 15) is 29.1 Å². The predicted octanol–water partition coefficient (Wildman–Crippen LogP) is 3.04. The van der Waals surface area contributed by atoms with E-state index in [2.05, 4.69) is 15.9 Å². The summed E-state index contributed by atoms with van der Waals surface area (Å²) in [4.78, 5) is 60.1. The summed E-state index contributed by atoms with van der Waals surface area (Å²) in [6.45, 7) is 4.05. The minimum Gasteiger partial charge on any atom is -0.507 e. The Bertz CT molecular complexity index is 1290. The number of hydrogen-bond acceptors (Lipinski definition) is 12. The number of hydrogen-bond donors (Lipinski definition) is 1. The highest BCUT2D eigenvalue weighted by Gasteiger charge is 2.53. The quantitative estimate of drug-likeness (QED) is 0.231. The standard InChI is InChI=1S/C28H29BrO12/c1-14(30)36-13-24-25(37-15(2)31)26(38-16(3)32)27(39-17(4)33)28(41-24)40-20-9-10-21(23(35)12-20)22(34)11-18-5-7-19(29)8-6-18/h5-10,12,24-28,35H,11,13H2,1-4H3/t24-,25+,26-,27-,28-/m0/s1. The number of benzene rings is 2. The summed E-state index contributed by atoms with van der Waals surface area (Å²) in [5.41, 5.74) is 0.789. The second-order valence-corrected chi connectivity index (χ2v) is 10.0. The molecule has 0 spiro atoms. The van der Waals surface area contributed by atoms with Crippen LogP contribution in [-0.2, 0) is 49.3 Å². The molecule has 41 heavy (non-hydrogen) atoms. The Morgan fingerprint density at radius 3 is 1.95 bits per heavy atom. The van der Waals surface area contributed by atoms with Gasteiger partial charge in [-0.25, -0.2) is 0 Å². The molecule has 1 fully saturated rings. The zero-order chi connectivity index (χ0) is 30.3. The van der Waals surface area contributed by atoms with E-state index in [1.54, 1.807) is 24.3 Å². The van der Waals surface area contributed by atoms with E-state index >= 15 is 0 Å². The van der Waals surface area contributed by atoms with E-state index in [4.69, 9.17) is 28.4 Å². The highest BCUT2D eigenvalue weighted by Crippen LogP contribution is 2.33. The van der Waals surface area contributed by atoms with E-state index in [0.29, 0.717) is 0 Å². The maximum Gasteiger partial charge on any atom is 0.303 e. The van der Waals surface area contributed by atoms with Crippen LogP contribution in [0.3, 0.4) is 0 Å². The Kier molecular flexibility index (Phi) is 10.8. The number of phenols is 1. The van der Waals surface area contributed by atoms with Gasteiger partial charge in [0, 0.05) is 44.7 Å². The first-order valence-corrected chi connectivity index (χ1v) is 13.2. The molecule has 0 unspecified atom stereocenters. The van der Waals surface area contributed by atoms with Gasteiger partial charge < -0.3 is 33.5 Å². The van der Waals surface area contributed by atoms with E-state index in [-0.39, 0.29) is 29.3 Å². The number of carbonyl (C=O) groups is 5. The summed E-state index contributed by atoms with van der Waals surface area (Å²) in [6, 6.07) is 11.1. The summed E-state index contributed by atoms with van der Waals surface area (Å²) >= 11 is 3.34. The monoisotopic (exact) mass is 636 g/mol. The lowest BCUT2D eigenvalue weighted by Gasteiger charge is -2.43. The van der Waals surface area contributed by atoms with Crippen LogP contribution in [0, 0.1) is 0 Å². The third-order valence-corrected chi connectivity index (χ3v) is 6.28. The fourth-order valence-corrected chi connectivity index (χ4v) is 4.39. The van der Waals surface area contributed by atoms with Gasteiger partial charge in [0.1, 0.15) is 24.2 Å². The van der Waals surface area contributed by atoms with Crippen LogP contribution >= 0.6 is 15.9 Å². The van der Waals surface area contributed by atoms with Crippen LogP contribution in [0.15, 0.2) is 46.9 Å². The molecule has 1 aliphatic heterocycles. The molecule has 1 N–H and O–H groups in total. The second-order valence-electron chi connectivity index (χ2n) is 9.09. The Morgan fingerprint density at radius 2 is 1.39 bits per heavy atom. The maximum absolute atomic E-state index is 12.8. The normalized spacial score (nSPS) is 21.7. The SMILES string of the molecule is CC(=O)OC[C@@H]1O[C@H](Oc2ccc(C(=O)Cc3ccc(Br)cc3)c(O)c2)[C@@H](OC(C)=O)[C@@H](OC(C)=O)[C@@H]1OC(C)=O. The summed E-state index contributed by atoms with van der Waals surface area (Å²) < 4.78 is 33.7. The number of ketones is 1. The number of rotatable bonds is 10. The lowest BCUT2D eigenvalue weighted by Crippen LogP contribution is -2.63. The molecule has 0 aliphatic carbocycles. The number of esters is 4. The van der Waals surface area contributed by atoms with E-state index in [0.717, 1.165) is 37.7 Å². The van der Waals surface area contributed by atoms with Crippen molar-refractivity contribution in [1.82, 2.24) is 0 Å². The summed E-state index contributed by atoms with van der Waals surface area (Å²) in [7, 11) is 0. The fraction of sp³-hybridized carbons (Fsp3) is 0.393. The molecule has 220 valence electrons. The van der Waals surface area contributed by atoms with Gasteiger partial charge >= 0.3 is 23.9 Å². The molecule has 12 nitrogen and oxygen atoms in total. The number of halogens is 1. The summed E-state index contributed by atoms with van der Waals surface area (Å²) in [5.74, 6) is -3.73. The van der Waals surface area contributed by atoms with Gasteiger partial charge in [-0.05, 0) is 29.8 Å². The maximum atomic E-state index is 12.8. The van der Waals surface area contributed by atoms with Gasteiger partial charge in [0.2, 0.25) is 12.4 Å². The molecule has 0 bridgehead atoms. The van der Waals surface area contributed by atoms with E-state index in [1.807, 2.05) is 0 Å². The second kappa shape index (κ2) is 14.1. The molecule has 3 rings (SSSR count).